The van der Waals surface area contributed by atoms with Crippen molar-refractivity contribution in [2.75, 3.05) is 0 Å². The van der Waals surface area contributed by atoms with Gasteiger partial charge in [-0.05, 0) is 28.0 Å². The summed E-state index contributed by atoms with van der Waals surface area (Å²) in [5.41, 5.74) is 1.43. The van der Waals surface area contributed by atoms with Crippen molar-refractivity contribution in [1.29, 1.82) is 0 Å². The number of esters is 1. The Hall–Kier alpha value is -2.65. The van der Waals surface area contributed by atoms with Crippen LogP contribution in [0.25, 0.3) is 10.8 Å². The van der Waals surface area contributed by atoms with Crippen molar-refractivity contribution in [3.63, 3.8) is 0 Å². The second-order valence-electron chi connectivity index (χ2n) is 5.10. The molecule has 0 heterocycles. The predicted molar refractivity (Wildman–Crippen MR) is 85.1 cm³/mol. The van der Waals surface area contributed by atoms with Gasteiger partial charge in [-0.1, -0.05) is 66.7 Å². The van der Waals surface area contributed by atoms with Crippen LogP contribution in [0.3, 0.4) is 0 Å². The van der Waals surface area contributed by atoms with Crippen molar-refractivity contribution in [2.24, 2.45) is 0 Å². The van der Waals surface area contributed by atoms with Gasteiger partial charge in [0.25, 0.3) is 0 Å². The molecule has 1 N–H and O–H groups in total. The fraction of sp³-hybridized carbons (Fsp3) is 0.105. The van der Waals surface area contributed by atoms with Crippen molar-refractivity contribution < 1.29 is 14.6 Å². The lowest BCUT2D eigenvalue weighted by Crippen LogP contribution is -2.15. The summed E-state index contributed by atoms with van der Waals surface area (Å²) >= 11 is 0. The normalized spacial score (nSPS) is 12.0. The Morgan fingerprint density at radius 1 is 0.909 bits per heavy atom. The van der Waals surface area contributed by atoms with Crippen molar-refractivity contribution in [3.8, 4) is 0 Å². The van der Waals surface area contributed by atoms with E-state index in [1.54, 1.807) is 24.3 Å². The van der Waals surface area contributed by atoms with Crippen LogP contribution in [0.15, 0.2) is 72.8 Å². The molecule has 0 aliphatic heterocycles. The van der Waals surface area contributed by atoms with Gasteiger partial charge >= 0.3 is 5.97 Å². The first-order chi connectivity index (χ1) is 10.7. The molecule has 1 atom stereocenters. The summed E-state index contributed by atoms with van der Waals surface area (Å²) < 4.78 is 5.20. The average molecular weight is 292 g/mol. The van der Waals surface area contributed by atoms with E-state index < -0.39 is 12.1 Å². The SMILES string of the molecule is O=C(OCc1ccc2ccccc2c1)[C@H](O)c1ccccc1. The molecule has 0 spiro atoms. The number of aliphatic hydroxyl groups excluding tert-OH is 1. The topological polar surface area (TPSA) is 46.5 Å². The molecule has 0 amide bonds. The van der Waals surface area contributed by atoms with Gasteiger partial charge in [-0.2, -0.15) is 0 Å². The number of carbonyl (C=O) groups excluding carboxylic acids is 1. The lowest BCUT2D eigenvalue weighted by atomic mass is 10.1. The Labute approximate surface area is 128 Å². The van der Waals surface area contributed by atoms with Crippen molar-refractivity contribution in [1.82, 2.24) is 0 Å². The highest BCUT2D eigenvalue weighted by Gasteiger charge is 2.18. The number of carbonyl (C=O) groups is 1. The van der Waals surface area contributed by atoms with Crippen LogP contribution in [0.1, 0.15) is 17.2 Å². The van der Waals surface area contributed by atoms with Crippen LogP contribution in [-0.4, -0.2) is 11.1 Å². The highest BCUT2D eigenvalue weighted by Crippen LogP contribution is 2.18. The van der Waals surface area contributed by atoms with Gasteiger partial charge in [0, 0.05) is 0 Å². The summed E-state index contributed by atoms with van der Waals surface area (Å²) in [6.45, 7) is 0.146. The summed E-state index contributed by atoms with van der Waals surface area (Å²) in [6, 6.07) is 22.7. The van der Waals surface area contributed by atoms with Gasteiger partial charge < -0.3 is 9.84 Å². The minimum absolute atomic E-state index is 0.146. The molecule has 3 aromatic carbocycles. The second-order valence-corrected chi connectivity index (χ2v) is 5.10. The molecule has 0 unspecified atom stereocenters. The molecule has 3 nitrogen and oxygen atoms in total. The maximum atomic E-state index is 11.9. The lowest BCUT2D eigenvalue weighted by molar-refractivity contribution is -0.155. The van der Waals surface area contributed by atoms with Crippen LogP contribution in [0, 0.1) is 0 Å². The molecule has 0 saturated heterocycles. The lowest BCUT2D eigenvalue weighted by Gasteiger charge is -2.11. The molecule has 22 heavy (non-hydrogen) atoms. The van der Waals surface area contributed by atoms with E-state index in [1.807, 2.05) is 48.5 Å². The van der Waals surface area contributed by atoms with Gasteiger partial charge in [0.15, 0.2) is 6.10 Å². The molecule has 0 aliphatic rings. The van der Waals surface area contributed by atoms with Crippen LogP contribution in [0.4, 0.5) is 0 Å². The van der Waals surface area contributed by atoms with Gasteiger partial charge in [-0.3, -0.25) is 0 Å². The molecule has 0 fully saturated rings. The van der Waals surface area contributed by atoms with E-state index in [0.29, 0.717) is 5.56 Å². The quantitative estimate of drug-likeness (QED) is 0.747. The summed E-state index contributed by atoms with van der Waals surface area (Å²) in [6.07, 6.45) is -1.25. The molecule has 0 saturated carbocycles. The van der Waals surface area contributed by atoms with E-state index in [-0.39, 0.29) is 6.61 Å². The number of hydrogen-bond donors (Lipinski definition) is 1. The van der Waals surface area contributed by atoms with Gasteiger partial charge in [0.05, 0.1) is 0 Å². The number of aliphatic hydroxyl groups is 1. The van der Waals surface area contributed by atoms with E-state index in [9.17, 15) is 9.90 Å². The molecular weight excluding hydrogens is 276 g/mol. The third-order valence-corrected chi connectivity index (χ3v) is 3.53. The van der Waals surface area contributed by atoms with Crippen LogP contribution in [0.2, 0.25) is 0 Å². The largest absolute Gasteiger partial charge is 0.459 e. The summed E-state index contributed by atoms with van der Waals surface area (Å²) in [5.74, 6) is -0.639. The van der Waals surface area contributed by atoms with Crippen LogP contribution in [-0.2, 0) is 16.1 Å². The van der Waals surface area contributed by atoms with Crippen molar-refractivity contribution in [2.45, 2.75) is 12.7 Å². The Balaban J connectivity index is 1.67. The Morgan fingerprint density at radius 3 is 2.36 bits per heavy atom. The zero-order valence-electron chi connectivity index (χ0n) is 12.0. The number of ether oxygens (including phenoxy) is 1. The van der Waals surface area contributed by atoms with Gasteiger partial charge in [-0.25, -0.2) is 4.79 Å². The van der Waals surface area contributed by atoms with Crippen molar-refractivity contribution in [3.05, 3.63) is 83.9 Å². The zero-order valence-corrected chi connectivity index (χ0v) is 12.0. The monoisotopic (exact) mass is 292 g/mol. The van der Waals surface area contributed by atoms with Gasteiger partial charge in [0.1, 0.15) is 6.61 Å². The van der Waals surface area contributed by atoms with Gasteiger partial charge in [-0.15, -0.1) is 0 Å². The highest BCUT2D eigenvalue weighted by atomic mass is 16.5. The first-order valence-corrected chi connectivity index (χ1v) is 7.11. The first kappa shape index (κ1) is 14.3. The average Bonchev–Trinajstić information content (AvgIpc) is 2.59. The Bertz CT molecular complexity index is 781. The molecule has 110 valence electrons. The maximum absolute atomic E-state index is 11.9. The Morgan fingerprint density at radius 2 is 1.59 bits per heavy atom. The standard InChI is InChI=1S/C19H16O3/c20-18(16-7-2-1-3-8-16)19(21)22-13-14-10-11-15-6-4-5-9-17(15)12-14/h1-12,18,20H,13H2/t18-/m1/s1. The molecule has 0 aliphatic carbocycles. The third-order valence-electron chi connectivity index (χ3n) is 3.53. The van der Waals surface area contributed by atoms with E-state index >= 15 is 0 Å². The molecule has 0 bridgehead atoms. The molecule has 3 aromatic rings. The fourth-order valence-corrected chi connectivity index (χ4v) is 2.33. The zero-order chi connectivity index (χ0) is 15.4. The van der Waals surface area contributed by atoms with E-state index in [4.69, 9.17) is 4.74 Å². The van der Waals surface area contributed by atoms with E-state index in [2.05, 4.69) is 0 Å². The van der Waals surface area contributed by atoms with Crippen LogP contribution < -0.4 is 0 Å². The predicted octanol–water partition coefficient (Wildman–Crippen LogP) is 3.62. The maximum Gasteiger partial charge on any atom is 0.339 e. The summed E-state index contributed by atoms with van der Waals surface area (Å²) in [5, 5.41) is 12.2. The Kier molecular flexibility index (Phi) is 4.17. The molecule has 3 rings (SSSR count). The minimum atomic E-state index is -1.25. The molecule has 0 aromatic heterocycles. The van der Waals surface area contributed by atoms with Crippen LogP contribution in [0.5, 0.6) is 0 Å². The number of hydrogen-bond acceptors (Lipinski definition) is 3. The second kappa shape index (κ2) is 6.41. The first-order valence-electron chi connectivity index (χ1n) is 7.11. The minimum Gasteiger partial charge on any atom is -0.459 e. The highest BCUT2D eigenvalue weighted by molar-refractivity contribution is 5.83. The van der Waals surface area contributed by atoms with E-state index in [1.165, 1.54) is 0 Å². The smallest absolute Gasteiger partial charge is 0.339 e. The third kappa shape index (κ3) is 3.15. The molecular formula is C19H16O3. The fourth-order valence-electron chi connectivity index (χ4n) is 2.33. The molecule has 3 heteroatoms. The van der Waals surface area contributed by atoms with E-state index in [0.717, 1.165) is 16.3 Å². The number of rotatable bonds is 4. The summed E-state index contributed by atoms with van der Waals surface area (Å²) in [7, 11) is 0. The van der Waals surface area contributed by atoms with Gasteiger partial charge in [0.2, 0.25) is 0 Å². The number of benzene rings is 3. The molecule has 0 radical (unpaired) electrons. The number of fused-ring (bicyclic) bond motifs is 1. The summed E-state index contributed by atoms with van der Waals surface area (Å²) in [4.78, 5) is 11.9. The van der Waals surface area contributed by atoms with Crippen molar-refractivity contribution >= 4 is 16.7 Å². The van der Waals surface area contributed by atoms with Crippen LogP contribution >= 0.6 is 0 Å².